The second-order valence-corrected chi connectivity index (χ2v) is 7.56. The van der Waals surface area contributed by atoms with Crippen molar-refractivity contribution < 1.29 is 9.90 Å². The fourth-order valence-corrected chi connectivity index (χ4v) is 5.23. The molecular formula is C16H28N2O2. The van der Waals surface area contributed by atoms with Crippen molar-refractivity contribution in [2.75, 3.05) is 6.61 Å². The summed E-state index contributed by atoms with van der Waals surface area (Å²) in [7, 11) is 0. The summed E-state index contributed by atoms with van der Waals surface area (Å²) in [6.45, 7) is 2.21. The van der Waals surface area contributed by atoms with E-state index in [1.165, 1.54) is 38.5 Å². The number of hydrogen-bond acceptors (Lipinski definition) is 2. The van der Waals surface area contributed by atoms with Gasteiger partial charge in [0.25, 0.3) is 0 Å². The van der Waals surface area contributed by atoms with E-state index in [4.69, 9.17) is 5.11 Å². The van der Waals surface area contributed by atoms with Crippen molar-refractivity contribution in [3.63, 3.8) is 0 Å². The highest BCUT2D eigenvalue weighted by Crippen LogP contribution is 2.55. The van der Waals surface area contributed by atoms with Crippen LogP contribution in [0.1, 0.15) is 58.3 Å². The molecule has 0 aromatic heterocycles. The van der Waals surface area contributed by atoms with Gasteiger partial charge in [0.2, 0.25) is 0 Å². The van der Waals surface area contributed by atoms with E-state index in [2.05, 4.69) is 10.6 Å². The largest absolute Gasteiger partial charge is 0.396 e. The van der Waals surface area contributed by atoms with Crippen molar-refractivity contribution in [1.29, 1.82) is 0 Å². The molecule has 114 valence electrons. The lowest BCUT2D eigenvalue weighted by molar-refractivity contribution is -0.0136. The van der Waals surface area contributed by atoms with E-state index in [0.29, 0.717) is 0 Å². The molecule has 1 atom stereocenters. The van der Waals surface area contributed by atoms with Crippen LogP contribution in [-0.2, 0) is 0 Å². The van der Waals surface area contributed by atoms with Crippen molar-refractivity contribution in [2.45, 2.75) is 69.9 Å². The molecule has 0 saturated heterocycles. The molecule has 20 heavy (non-hydrogen) atoms. The minimum atomic E-state index is -0.00242. The van der Waals surface area contributed by atoms with Gasteiger partial charge in [-0.2, -0.15) is 0 Å². The molecule has 4 fully saturated rings. The molecule has 4 aliphatic rings. The van der Waals surface area contributed by atoms with Crippen molar-refractivity contribution >= 4 is 6.03 Å². The number of carbonyl (C=O) groups excluding carboxylic acids is 1. The van der Waals surface area contributed by atoms with Gasteiger partial charge < -0.3 is 15.7 Å². The first-order valence-corrected chi connectivity index (χ1v) is 8.28. The van der Waals surface area contributed by atoms with Crippen LogP contribution in [0.25, 0.3) is 0 Å². The van der Waals surface area contributed by atoms with E-state index >= 15 is 0 Å². The van der Waals surface area contributed by atoms with Gasteiger partial charge in [0, 0.05) is 18.2 Å². The normalized spacial score (nSPS) is 39.6. The molecule has 4 saturated carbocycles. The van der Waals surface area contributed by atoms with Crippen LogP contribution in [0.5, 0.6) is 0 Å². The van der Waals surface area contributed by atoms with Gasteiger partial charge in [-0.15, -0.1) is 0 Å². The minimum absolute atomic E-state index is 0.00242. The van der Waals surface area contributed by atoms with Gasteiger partial charge in [-0.25, -0.2) is 4.79 Å². The third-order valence-electron chi connectivity index (χ3n) is 5.59. The van der Waals surface area contributed by atoms with Crippen LogP contribution < -0.4 is 10.6 Å². The molecular weight excluding hydrogens is 252 g/mol. The summed E-state index contributed by atoms with van der Waals surface area (Å²) in [5, 5.41) is 15.2. The lowest BCUT2D eigenvalue weighted by atomic mass is 9.53. The Hall–Kier alpha value is -0.770. The van der Waals surface area contributed by atoms with Crippen LogP contribution in [-0.4, -0.2) is 29.3 Å². The van der Waals surface area contributed by atoms with Crippen LogP contribution in [0.2, 0.25) is 0 Å². The third kappa shape index (κ3) is 2.95. The van der Waals surface area contributed by atoms with Crippen LogP contribution >= 0.6 is 0 Å². The smallest absolute Gasteiger partial charge is 0.315 e. The fraction of sp³-hybridized carbons (Fsp3) is 0.938. The Balaban J connectivity index is 1.53. The van der Waals surface area contributed by atoms with Gasteiger partial charge in [0.15, 0.2) is 0 Å². The maximum absolute atomic E-state index is 12.2. The summed E-state index contributed by atoms with van der Waals surface area (Å²) in [5.41, 5.74) is 0.0928. The van der Waals surface area contributed by atoms with Crippen molar-refractivity contribution in [2.24, 2.45) is 17.8 Å². The number of aliphatic hydroxyl groups excluding tert-OH is 1. The molecule has 4 rings (SSSR count). The van der Waals surface area contributed by atoms with Crippen LogP contribution in [0.15, 0.2) is 0 Å². The molecule has 4 heteroatoms. The monoisotopic (exact) mass is 280 g/mol. The Bertz CT molecular complexity index is 334. The summed E-state index contributed by atoms with van der Waals surface area (Å²) in [4.78, 5) is 12.2. The Kier molecular flexibility index (Phi) is 3.93. The maximum Gasteiger partial charge on any atom is 0.315 e. The summed E-state index contributed by atoms with van der Waals surface area (Å²) < 4.78 is 0. The van der Waals surface area contributed by atoms with E-state index < -0.39 is 0 Å². The first-order chi connectivity index (χ1) is 9.58. The molecule has 4 bridgehead atoms. The molecule has 0 heterocycles. The topological polar surface area (TPSA) is 61.4 Å². The lowest BCUT2D eigenvalue weighted by Gasteiger charge is -2.56. The summed E-state index contributed by atoms with van der Waals surface area (Å²) >= 11 is 0. The van der Waals surface area contributed by atoms with Crippen molar-refractivity contribution in [3.05, 3.63) is 0 Å². The van der Waals surface area contributed by atoms with E-state index in [9.17, 15) is 4.79 Å². The standard InChI is InChI=1S/C16H28N2O2/c1-11(3-2-4-19)17-15(20)18-16-8-12-5-13(9-16)7-14(6-12)10-16/h11-14,19H,2-10H2,1H3,(H2,17,18,20). The zero-order chi connectivity index (χ0) is 14.2. The molecule has 0 spiro atoms. The molecule has 1 unspecified atom stereocenters. The SMILES string of the molecule is CC(CCCO)NC(=O)NC12CC3CC(CC(C3)C1)C2. The number of hydrogen-bond donors (Lipinski definition) is 3. The zero-order valence-corrected chi connectivity index (χ0v) is 12.5. The molecule has 0 radical (unpaired) electrons. The average Bonchev–Trinajstić information content (AvgIpc) is 2.33. The molecule has 2 amide bonds. The van der Waals surface area contributed by atoms with Crippen molar-refractivity contribution in [3.8, 4) is 0 Å². The number of urea groups is 1. The summed E-state index contributed by atoms with van der Waals surface area (Å²) in [6.07, 6.45) is 9.36. The van der Waals surface area contributed by atoms with E-state index in [1.807, 2.05) is 6.92 Å². The number of nitrogens with one attached hydrogen (secondary N) is 2. The molecule has 4 aliphatic carbocycles. The summed E-state index contributed by atoms with van der Waals surface area (Å²) in [5.74, 6) is 2.56. The number of carbonyl (C=O) groups is 1. The Morgan fingerprint density at radius 2 is 1.75 bits per heavy atom. The van der Waals surface area contributed by atoms with Gasteiger partial charge >= 0.3 is 6.03 Å². The molecule has 0 aliphatic heterocycles. The third-order valence-corrected chi connectivity index (χ3v) is 5.59. The first kappa shape index (κ1) is 14.2. The lowest BCUT2D eigenvalue weighted by Crippen LogP contribution is -2.62. The van der Waals surface area contributed by atoms with Gasteiger partial charge in [0.1, 0.15) is 0 Å². The highest BCUT2D eigenvalue weighted by Gasteiger charge is 2.51. The minimum Gasteiger partial charge on any atom is -0.396 e. The van der Waals surface area contributed by atoms with Crippen LogP contribution in [0, 0.1) is 17.8 Å². The summed E-state index contributed by atoms with van der Waals surface area (Å²) in [6, 6.07) is 0.133. The average molecular weight is 280 g/mol. The van der Waals surface area contributed by atoms with Gasteiger partial charge in [-0.3, -0.25) is 0 Å². The Morgan fingerprint density at radius 1 is 1.20 bits per heavy atom. The van der Waals surface area contributed by atoms with Gasteiger partial charge in [-0.05, 0) is 76.0 Å². The van der Waals surface area contributed by atoms with E-state index in [1.54, 1.807) is 0 Å². The van der Waals surface area contributed by atoms with Gasteiger partial charge in [0.05, 0.1) is 0 Å². The number of rotatable bonds is 5. The predicted octanol–water partition coefficient (Wildman–Crippen LogP) is 2.42. The van der Waals surface area contributed by atoms with E-state index in [0.717, 1.165) is 30.6 Å². The highest BCUT2D eigenvalue weighted by molar-refractivity contribution is 5.75. The van der Waals surface area contributed by atoms with E-state index in [-0.39, 0.29) is 24.2 Å². The van der Waals surface area contributed by atoms with Crippen molar-refractivity contribution in [1.82, 2.24) is 10.6 Å². The Morgan fingerprint density at radius 3 is 2.25 bits per heavy atom. The zero-order valence-electron chi connectivity index (χ0n) is 12.5. The molecule has 0 aromatic carbocycles. The predicted molar refractivity (Wildman–Crippen MR) is 78.4 cm³/mol. The van der Waals surface area contributed by atoms with Crippen LogP contribution in [0.4, 0.5) is 4.79 Å². The number of aliphatic hydroxyl groups is 1. The molecule has 3 N–H and O–H groups in total. The van der Waals surface area contributed by atoms with Gasteiger partial charge in [-0.1, -0.05) is 0 Å². The molecule has 0 aromatic rings. The molecule has 4 nitrogen and oxygen atoms in total. The highest BCUT2D eigenvalue weighted by atomic mass is 16.3. The van der Waals surface area contributed by atoms with Crippen LogP contribution in [0.3, 0.4) is 0 Å². The maximum atomic E-state index is 12.2. The second kappa shape index (κ2) is 5.55. The quantitative estimate of drug-likeness (QED) is 0.724. The fourth-order valence-electron chi connectivity index (χ4n) is 5.23. The first-order valence-electron chi connectivity index (χ1n) is 8.28. The number of amides is 2. The second-order valence-electron chi connectivity index (χ2n) is 7.56. The Labute approximate surface area is 121 Å².